The number of hydrogen-bond acceptors (Lipinski definition) is 15. The molecule has 2 aliphatic rings. The lowest BCUT2D eigenvalue weighted by atomic mass is 10.1. The van der Waals surface area contributed by atoms with Gasteiger partial charge in [0, 0.05) is 24.5 Å². The van der Waals surface area contributed by atoms with Gasteiger partial charge in [0.1, 0.15) is 49.8 Å². The third kappa shape index (κ3) is 10.8. The Morgan fingerprint density at radius 1 is 0.778 bits per heavy atom. The number of aliphatic hydroxyl groups excluding tert-OH is 5. The number of carbonyl (C=O) groups is 2. The molecule has 19 heteroatoms. The van der Waals surface area contributed by atoms with Crippen LogP contribution in [-0.4, -0.2) is 113 Å². The van der Waals surface area contributed by atoms with Gasteiger partial charge in [-0.1, -0.05) is 27.7 Å². The van der Waals surface area contributed by atoms with Crippen LogP contribution in [0.4, 0.5) is 0 Å². The first-order valence-corrected chi connectivity index (χ1v) is 13.7. The summed E-state index contributed by atoms with van der Waals surface area (Å²) in [5.74, 6) is -1.48. The minimum absolute atomic E-state index is 0.174. The first-order chi connectivity index (χ1) is 21.0. The molecule has 45 heavy (non-hydrogen) atoms. The number of rotatable bonds is 7. The molecular weight excluding hydrogens is 608 g/mol. The summed E-state index contributed by atoms with van der Waals surface area (Å²) in [4.78, 5) is 71.9. The Balaban J connectivity index is 0.000000263. The van der Waals surface area contributed by atoms with E-state index >= 15 is 0 Å². The van der Waals surface area contributed by atoms with Crippen LogP contribution in [0.2, 0.25) is 0 Å². The molecule has 2 aromatic heterocycles. The van der Waals surface area contributed by atoms with E-state index < -0.39 is 78.0 Å². The van der Waals surface area contributed by atoms with Crippen LogP contribution in [0.25, 0.3) is 0 Å². The third-order valence-corrected chi connectivity index (χ3v) is 6.21. The second-order valence-corrected chi connectivity index (χ2v) is 10.5. The fraction of sp³-hybridized carbons (Fsp3) is 0.615. The van der Waals surface area contributed by atoms with E-state index in [4.69, 9.17) is 29.2 Å². The molecule has 2 saturated heterocycles. The van der Waals surface area contributed by atoms with Crippen LogP contribution < -0.4 is 22.5 Å². The van der Waals surface area contributed by atoms with Crippen LogP contribution >= 0.6 is 0 Å². The summed E-state index contributed by atoms with van der Waals surface area (Å²) in [5.41, 5.74) is -2.22. The van der Waals surface area contributed by atoms with Crippen LogP contribution in [0.15, 0.2) is 43.7 Å². The normalized spacial score (nSPS) is 27.3. The van der Waals surface area contributed by atoms with Crippen molar-refractivity contribution in [1.29, 1.82) is 0 Å². The summed E-state index contributed by atoms with van der Waals surface area (Å²) in [6, 6.07) is 2.33. The van der Waals surface area contributed by atoms with Crippen molar-refractivity contribution in [3.63, 3.8) is 0 Å². The molecule has 0 spiro atoms. The van der Waals surface area contributed by atoms with Gasteiger partial charge in [0.2, 0.25) is 0 Å². The number of carbonyl (C=O) groups excluding carboxylic acids is 2. The lowest BCUT2D eigenvalue weighted by molar-refractivity contribution is -0.160. The maximum atomic E-state index is 11.7. The van der Waals surface area contributed by atoms with Gasteiger partial charge in [0.25, 0.3) is 11.1 Å². The van der Waals surface area contributed by atoms with Crippen LogP contribution in [0.1, 0.15) is 33.9 Å². The highest BCUT2D eigenvalue weighted by atomic mass is 16.7. The molecule has 8 N–H and O–H groups in total. The SMILES string of the molecule is CC(C)C(=O)OC[C@H]1OC(O)[C@H](O)[C@@H]1O.CC(C)C(=O)OC[C@H]1O[C@@H](n2ccc(=O)[nH]c2=O)[C@H](O)[C@@H]1O.O=c1cc[nH]c(=O)[nH]1. The molecule has 19 nitrogen and oxygen atoms in total. The maximum absolute atomic E-state index is 11.7. The highest BCUT2D eigenvalue weighted by Crippen LogP contribution is 2.28. The van der Waals surface area contributed by atoms with E-state index in [1.54, 1.807) is 27.7 Å². The fourth-order valence-electron chi connectivity index (χ4n) is 3.64. The molecule has 252 valence electrons. The van der Waals surface area contributed by atoms with Crippen LogP contribution in [0.3, 0.4) is 0 Å². The monoisotopic (exact) mass is 646 g/mol. The Hall–Kier alpha value is -3.98. The Labute approximate surface area is 254 Å². The lowest BCUT2D eigenvalue weighted by Crippen LogP contribution is -2.37. The minimum atomic E-state index is -1.43. The number of aliphatic hydroxyl groups is 5. The van der Waals surface area contributed by atoms with Crippen molar-refractivity contribution >= 4 is 11.9 Å². The van der Waals surface area contributed by atoms with Crippen molar-refractivity contribution in [2.75, 3.05) is 13.2 Å². The molecule has 0 bridgehead atoms. The summed E-state index contributed by atoms with van der Waals surface area (Å²) in [7, 11) is 0. The van der Waals surface area contributed by atoms with Gasteiger partial charge in [-0.3, -0.25) is 33.7 Å². The Bertz CT molecular complexity index is 1460. The highest BCUT2D eigenvalue weighted by Gasteiger charge is 2.45. The van der Waals surface area contributed by atoms with Gasteiger partial charge in [-0.2, -0.15) is 0 Å². The third-order valence-electron chi connectivity index (χ3n) is 6.21. The largest absolute Gasteiger partial charge is 0.463 e. The van der Waals surface area contributed by atoms with Crippen molar-refractivity contribution in [2.45, 2.75) is 76.8 Å². The van der Waals surface area contributed by atoms with Crippen LogP contribution in [0.5, 0.6) is 0 Å². The standard InChI is InChI=1S/C13H18N2O7.C9H16O6.C4H4N2O2/c1-6(2)12(19)21-5-7-9(17)10(18)11(22-7)15-4-3-8(16)14-13(15)20;1-4(2)8(12)14-3-5-6(10)7(11)9(13)15-5;7-3-1-2-5-4(8)6-3/h3-4,6-7,9-11,17-18H,5H2,1-2H3,(H,14,16,20);4-7,9-11,13H,3H2,1-2H3;1-2H,(H2,5,6,7,8)/t7-,9-,10-,11-;5-,6-,7-,9?;/m11./s1. The zero-order chi connectivity index (χ0) is 34.0. The Morgan fingerprint density at radius 2 is 1.29 bits per heavy atom. The molecule has 4 rings (SSSR count). The average molecular weight is 647 g/mol. The number of nitrogens with one attached hydrogen (secondary N) is 3. The molecule has 1 unspecified atom stereocenters. The Morgan fingerprint density at radius 3 is 1.71 bits per heavy atom. The summed E-state index contributed by atoms with van der Waals surface area (Å²) < 4.78 is 20.9. The topological polar surface area (TPSA) is 293 Å². The molecule has 0 amide bonds. The lowest BCUT2D eigenvalue weighted by Gasteiger charge is -2.16. The number of aromatic nitrogens is 4. The minimum Gasteiger partial charge on any atom is -0.463 e. The van der Waals surface area contributed by atoms with E-state index in [9.17, 15) is 44.1 Å². The summed E-state index contributed by atoms with van der Waals surface area (Å²) >= 11 is 0. The number of aromatic amines is 3. The van der Waals surface area contributed by atoms with Crippen molar-refractivity contribution in [2.24, 2.45) is 11.8 Å². The molecular formula is C26H38N4O15. The van der Waals surface area contributed by atoms with Crippen molar-refractivity contribution in [1.82, 2.24) is 19.5 Å². The Kier molecular flexibility index (Phi) is 14.0. The average Bonchev–Trinajstić information content (AvgIpc) is 3.39. The number of H-pyrrole nitrogens is 3. The molecule has 4 heterocycles. The molecule has 2 aliphatic heterocycles. The highest BCUT2D eigenvalue weighted by molar-refractivity contribution is 5.71. The summed E-state index contributed by atoms with van der Waals surface area (Å²) in [6.07, 6.45) is -7.32. The molecule has 8 atom stereocenters. The van der Waals surface area contributed by atoms with Gasteiger partial charge in [0.05, 0.1) is 11.8 Å². The number of nitrogens with zero attached hydrogens (tertiary/aromatic N) is 1. The number of ether oxygens (including phenoxy) is 4. The van der Waals surface area contributed by atoms with E-state index in [1.807, 2.05) is 9.97 Å². The van der Waals surface area contributed by atoms with Gasteiger partial charge in [0.15, 0.2) is 12.5 Å². The second-order valence-electron chi connectivity index (χ2n) is 10.5. The molecule has 0 saturated carbocycles. The summed E-state index contributed by atoms with van der Waals surface area (Å²) in [6.45, 7) is 6.25. The smallest absolute Gasteiger partial charge is 0.330 e. The maximum Gasteiger partial charge on any atom is 0.330 e. The van der Waals surface area contributed by atoms with Gasteiger partial charge in [-0.15, -0.1) is 0 Å². The van der Waals surface area contributed by atoms with Gasteiger partial charge < -0.3 is 49.5 Å². The number of esters is 2. The van der Waals surface area contributed by atoms with Gasteiger partial charge in [-0.25, -0.2) is 9.59 Å². The van der Waals surface area contributed by atoms with E-state index in [-0.39, 0.29) is 30.6 Å². The van der Waals surface area contributed by atoms with Crippen molar-refractivity contribution in [3.8, 4) is 0 Å². The van der Waals surface area contributed by atoms with Crippen LogP contribution in [-0.2, 0) is 28.5 Å². The molecule has 0 radical (unpaired) electrons. The van der Waals surface area contributed by atoms with E-state index in [1.165, 1.54) is 12.3 Å². The molecule has 2 fully saturated rings. The predicted molar refractivity (Wildman–Crippen MR) is 149 cm³/mol. The molecule has 0 aromatic carbocycles. The summed E-state index contributed by atoms with van der Waals surface area (Å²) in [5, 5.41) is 47.5. The first-order valence-electron chi connectivity index (χ1n) is 13.7. The molecule has 2 aromatic rings. The van der Waals surface area contributed by atoms with Crippen molar-refractivity contribution in [3.05, 3.63) is 66.2 Å². The predicted octanol–water partition coefficient (Wildman–Crippen LogP) is -3.96. The second kappa shape index (κ2) is 16.9. The zero-order valence-electron chi connectivity index (χ0n) is 24.8. The van der Waals surface area contributed by atoms with E-state index in [0.29, 0.717) is 0 Å². The molecule has 0 aliphatic carbocycles. The van der Waals surface area contributed by atoms with Gasteiger partial charge in [-0.05, 0) is 0 Å². The van der Waals surface area contributed by atoms with Crippen molar-refractivity contribution < 1.29 is 54.1 Å². The van der Waals surface area contributed by atoms with Gasteiger partial charge >= 0.3 is 23.3 Å². The number of hydrogen-bond donors (Lipinski definition) is 8. The van der Waals surface area contributed by atoms with Crippen LogP contribution in [0, 0.1) is 11.8 Å². The van der Waals surface area contributed by atoms with E-state index in [2.05, 4.69) is 4.98 Å². The van der Waals surface area contributed by atoms with E-state index in [0.717, 1.165) is 16.8 Å². The first kappa shape index (κ1) is 37.2. The zero-order valence-corrected chi connectivity index (χ0v) is 24.8. The quantitative estimate of drug-likeness (QED) is 0.133. The fourth-order valence-corrected chi connectivity index (χ4v) is 3.64.